The van der Waals surface area contributed by atoms with E-state index < -0.39 is 11.9 Å². The van der Waals surface area contributed by atoms with Crippen molar-refractivity contribution in [2.45, 2.75) is 12.8 Å². The molecular formula is C16H16ClN3O3. The van der Waals surface area contributed by atoms with Gasteiger partial charge in [0.1, 0.15) is 11.6 Å². The number of piperidine rings is 1. The average molecular weight is 334 g/mol. The van der Waals surface area contributed by atoms with Gasteiger partial charge in [-0.2, -0.15) is 5.26 Å². The van der Waals surface area contributed by atoms with Crippen LogP contribution >= 0.6 is 11.6 Å². The number of benzene rings is 1. The van der Waals surface area contributed by atoms with Crippen molar-refractivity contribution in [2.75, 3.05) is 18.4 Å². The van der Waals surface area contributed by atoms with E-state index in [0.717, 1.165) is 0 Å². The molecule has 0 radical (unpaired) electrons. The molecule has 1 amide bonds. The number of likely N-dealkylation sites (tertiary alicyclic amines) is 1. The van der Waals surface area contributed by atoms with Gasteiger partial charge in [-0.15, -0.1) is 0 Å². The van der Waals surface area contributed by atoms with Crippen molar-refractivity contribution in [3.05, 3.63) is 41.1 Å². The second-order valence-electron chi connectivity index (χ2n) is 5.27. The van der Waals surface area contributed by atoms with Crippen molar-refractivity contribution in [2.24, 2.45) is 5.92 Å². The maximum atomic E-state index is 12.1. The first-order valence-corrected chi connectivity index (χ1v) is 7.53. The van der Waals surface area contributed by atoms with Crippen molar-refractivity contribution in [3.8, 4) is 6.07 Å². The minimum absolute atomic E-state index is 0.0289. The summed E-state index contributed by atoms with van der Waals surface area (Å²) in [5.74, 6) is -1.67. The number of halogens is 1. The number of carbonyl (C=O) groups excluding carboxylic acids is 1. The number of aliphatic carboxylic acids is 1. The molecule has 1 aromatic carbocycles. The molecule has 1 fully saturated rings. The predicted molar refractivity (Wildman–Crippen MR) is 85.7 cm³/mol. The normalized spacial score (nSPS) is 15.8. The fraction of sp³-hybridized carbons (Fsp3) is 0.312. The highest BCUT2D eigenvalue weighted by atomic mass is 35.5. The van der Waals surface area contributed by atoms with Crippen LogP contribution < -0.4 is 5.32 Å². The standard InChI is InChI=1S/C16H16ClN3O3/c17-13-2-1-3-14(8-13)19-15(21)12(9-18)10-20-6-4-11(5-7-20)16(22)23/h1-3,8,10-11H,4-7H2,(H,19,21)(H,22,23)/b12-10-. The van der Waals surface area contributed by atoms with Crippen molar-refractivity contribution < 1.29 is 14.7 Å². The Morgan fingerprint density at radius 3 is 2.65 bits per heavy atom. The van der Waals surface area contributed by atoms with Crippen molar-refractivity contribution in [3.63, 3.8) is 0 Å². The van der Waals surface area contributed by atoms with E-state index in [-0.39, 0.29) is 11.5 Å². The summed E-state index contributed by atoms with van der Waals surface area (Å²) >= 11 is 5.85. The first-order valence-electron chi connectivity index (χ1n) is 7.15. The number of rotatable bonds is 4. The Labute approximate surface area is 139 Å². The first-order chi connectivity index (χ1) is 11.0. The Bertz CT molecular complexity index is 673. The molecule has 1 aliphatic heterocycles. The lowest BCUT2D eigenvalue weighted by Gasteiger charge is -2.29. The highest BCUT2D eigenvalue weighted by molar-refractivity contribution is 6.31. The van der Waals surface area contributed by atoms with Crippen molar-refractivity contribution in [1.82, 2.24) is 4.90 Å². The Morgan fingerprint density at radius 1 is 1.39 bits per heavy atom. The molecule has 23 heavy (non-hydrogen) atoms. The van der Waals surface area contributed by atoms with Gasteiger partial charge < -0.3 is 15.3 Å². The number of carboxylic acid groups (broad SMARTS) is 1. The summed E-state index contributed by atoms with van der Waals surface area (Å²) in [4.78, 5) is 24.9. The number of nitrogens with one attached hydrogen (secondary N) is 1. The van der Waals surface area contributed by atoms with Crippen LogP contribution in [0.1, 0.15) is 12.8 Å². The molecule has 120 valence electrons. The van der Waals surface area contributed by atoms with Gasteiger partial charge in [0.15, 0.2) is 0 Å². The van der Waals surface area contributed by atoms with E-state index >= 15 is 0 Å². The molecule has 0 spiro atoms. The van der Waals surface area contributed by atoms with Crippen LogP contribution in [0.5, 0.6) is 0 Å². The van der Waals surface area contributed by atoms with Gasteiger partial charge in [0.2, 0.25) is 0 Å². The van der Waals surface area contributed by atoms with E-state index in [1.54, 1.807) is 29.2 Å². The lowest BCUT2D eigenvalue weighted by atomic mass is 9.97. The summed E-state index contributed by atoms with van der Waals surface area (Å²) in [7, 11) is 0. The largest absolute Gasteiger partial charge is 0.481 e. The Kier molecular flexibility index (Phi) is 5.61. The van der Waals surface area contributed by atoms with Gasteiger partial charge in [-0.05, 0) is 31.0 Å². The summed E-state index contributed by atoms with van der Waals surface area (Å²) < 4.78 is 0. The lowest BCUT2D eigenvalue weighted by molar-refractivity contribution is -0.143. The highest BCUT2D eigenvalue weighted by Crippen LogP contribution is 2.19. The van der Waals surface area contributed by atoms with Gasteiger partial charge >= 0.3 is 5.97 Å². The zero-order valence-electron chi connectivity index (χ0n) is 12.3. The van der Waals surface area contributed by atoms with E-state index in [1.165, 1.54) is 6.20 Å². The number of amides is 1. The van der Waals surface area contributed by atoms with Crippen LogP contribution in [0.3, 0.4) is 0 Å². The third-order valence-electron chi connectivity index (χ3n) is 3.64. The summed E-state index contributed by atoms with van der Waals surface area (Å²) in [6.07, 6.45) is 2.48. The second kappa shape index (κ2) is 7.65. The zero-order valence-corrected chi connectivity index (χ0v) is 13.1. The van der Waals surface area contributed by atoms with Crippen LogP contribution in [-0.2, 0) is 9.59 Å². The number of carbonyl (C=O) groups is 2. The molecule has 2 N–H and O–H groups in total. The lowest BCUT2D eigenvalue weighted by Crippen LogP contribution is -2.33. The van der Waals surface area contributed by atoms with E-state index in [2.05, 4.69) is 5.32 Å². The van der Waals surface area contributed by atoms with Gasteiger partial charge in [0, 0.05) is 30.0 Å². The van der Waals surface area contributed by atoms with Gasteiger partial charge in [-0.25, -0.2) is 0 Å². The maximum absolute atomic E-state index is 12.1. The van der Waals surface area contributed by atoms with Gasteiger partial charge in [0.05, 0.1) is 5.92 Å². The summed E-state index contributed by atoms with van der Waals surface area (Å²) in [5, 5.41) is 21.2. The number of carboxylic acids is 1. The SMILES string of the molecule is N#C/C(=C/N1CCC(C(=O)O)CC1)C(=O)Nc1cccc(Cl)c1. The van der Waals surface area contributed by atoms with E-state index in [0.29, 0.717) is 36.6 Å². The smallest absolute Gasteiger partial charge is 0.306 e. The van der Waals surface area contributed by atoms with Gasteiger partial charge in [-0.3, -0.25) is 9.59 Å². The molecule has 0 atom stereocenters. The third kappa shape index (κ3) is 4.73. The molecule has 0 saturated carbocycles. The molecule has 1 aliphatic rings. The molecular weight excluding hydrogens is 318 g/mol. The molecule has 1 saturated heterocycles. The molecule has 0 aromatic heterocycles. The minimum Gasteiger partial charge on any atom is -0.481 e. The average Bonchev–Trinajstić information content (AvgIpc) is 2.53. The van der Waals surface area contributed by atoms with Crippen LogP contribution in [0.2, 0.25) is 5.02 Å². The Hall–Kier alpha value is -2.52. The van der Waals surface area contributed by atoms with E-state index in [4.69, 9.17) is 16.7 Å². The van der Waals surface area contributed by atoms with Gasteiger partial charge in [-0.1, -0.05) is 17.7 Å². The molecule has 0 aliphatic carbocycles. The van der Waals surface area contributed by atoms with Gasteiger partial charge in [0.25, 0.3) is 5.91 Å². The quantitative estimate of drug-likeness (QED) is 0.652. The summed E-state index contributed by atoms with van der Waals surface area (Å²) in [6.45, 7) is 1.01. The first kappa shape index (κ1) is 16.8. The Balaban J connectivity index is 2.00. The number of hydrogen-bond acceptors (Lipinski definition) is 4. The summed E-state index contributed by atoms with van der Waals surface area (Å²) in [5.41, 5.74) is 0.479. The van der Waals surface area contributed by atoms with Crippen molar-refractivity contribution >= 4 is 29.2 Å². The molecule has 0 unspecified atom stereocenters. The van der Waals surface area contributed by atoms with Crippen LogP contribution in [0.25, 0.3) is 0 Å². The third-order valence-corrected chi connectivity index (χ3v) is 3.87. The molecule has 7 heteroatoms. The molecule has 6 nitrogen and oxygen atoms in total. The van der Waals surface area contributed by atoms with Crippen LogP contribution in [0.15, 0.2) is 36.0 Å². The fourth-order valence-corrected chi connectivity index (χ4v) is 2.55. The predicted octanol–water partition coefficient (Wildman–Crippen LogP) is 2.48. The molecule has 0 bridgehead atoms. The number of hydrogen-bond donors (Lipinski definition) is 2. The number of nitrogens with zero attached hydrogens (tertiary/aromatic N) is 2. The second-order valence-corrected chi connectivity index (χ2v) is 5.70. The minimum atomic E-state index is -0.798. The summed E-state index contributed by atoms with van der Waals surface area (Å²) in [6, 6.07) is 8.53. The van der Waals surface area contributed by atoms with E-state index in [1.807, 2.05) is 6.07 Å². The van der Waals surface area contributed by atoms with Crippen LogP contribution in [0.4, 0.5) is 5.69 Å². The monoisotopic (exact) mass is 333 g/mol. The maximum Gasteiger partial charge on any atom is 0.306 e. The molecule has 2 rings (SSSR count). The highest BCUT2D eigenvalue weighted by Gasteiger charge is 2.24. The topological polar surface area (TPSA) is 93.4 Å². The number of anilines is 1. The zero-order chi connectivity index (χ0) is 16.8. The Morgan fingerprint density at radius 2 is 2.09 bits per heavy atom. The van der Waals surface area contributed by atoms with Crippen LogP contribution in [-0.4, -0.2) is 35.0 Å². The fourth-order valence-electron chi connectivity index (χ4n) is 2.36. The van der Waals surface area contributed by atoms with E-state index in [9.17, 15) is 14.9 Å². The van der Waals surface area contributed by atoms with Crippen molar-refractivity contribution in [1.29, 1.82) is 5.26 Å². The van der Waals surface area contributed by atoms with Crippen LogP contribution in [0, 0.1) is 17.2 Å². The number of nitriles is 1. The molecule has 1 aromatic rings. The molecule has 1 heterocycles.